The minimum absolute atomic E-state index is 0.876. The zero-order valence-corrected chi connectivity index (χ0v) is 7.84. The molecule has 2 atom stereocenters. The molecule has 0 radical (unpaired) electrons. The topological polar surface area (TPSA) is 26.0 Å². The van der Waals surface area contributed by atoms with Gasteiger partial charge in [0.15, 0.2) is 0 Å². The van der Waals surface area contributed by atoms with E-state index >= 15 is 0 Å². The van der Waals surface area contributed by atoms with Gasteiger partial charge in [0.1, 0.15) is 0 Å². The Labute approximate surface area is 70.4 Å². The second-order valence-corrected chi connectivity index (χ2v) is 4.30. The summed E-state index contributed by atoms with van der Waals surface area (Å²) >= 11 is 0. The summed E-state index contributed by atoms with van der Waals surface area (Å²) in [6, 6.07) is 0. The van der Waals surface area contributed by atoms with Crippen LogP contribution in [-0.4, -0.2) is 6.54 Å². The highest BCUT2D eigenvalue weighted by Gasteiger charge is 2.29. The van der Waals surface area contributed by atoms with Crippen LogP contribution in [0.5, 0.6) is 0 Å². The van der Waals surface area contributed by atoms with E-state index in [1.165, 1.54) is 25.7 Å². The van der Waals surface area contributed by atoms with Gasteiger partial charge in [0.25, 0.3) is 0 Å². The fraction of sp³-hybridized carbons (Fsp3) is 1.00. The van der Waals surface area contributed by atoms with Crippen LogP contribution in [0.3, 0.4) is 0 Å². The molecule has 1 fully saturated rings. The van der Waals surface area contributed by atoms with Gasteiger partial charge in [-0.3, -0.25) is 0 Å². The SMILES string of the molecule is CC(C)CC1CCC1CCN. The average molecular weight is 155 g/mol. The minimum Gasteiger partial charge on any atom is -0.330 e. The highest BCUT2D eigenvalue weighted by molar-refractivity contribution is 4.81. The maximum absolute atomic E-state index is 5.53. The molecule has 1 nitrogen and oxygen atoms in total. The lowest BCUT2D eigenvalue weighted by molar-refractivity contribution is 0.139. The minimum atomic E-state index is 0.876. The zero-order chi connectivity index (χ0) is 8.27. The van der Waals surface area contributed by atoms with Crippen molar-refractivity contribution in [3.63, 3.8) is 0 Å². The van der Waals surface area contributed by atoms with E-state index in [0.29, 0.717) is 0 Å². The first-order chi connectivity index (χ1) is 5.24. The predicted octanol–water partition coefficient (Wildman–Crippen LogP) is 2.41. The van der Waals surface area contributed by atoms with Gasteiger partial charge in [0, 0.05) is 0 Å². The fourth-order valence-corrected chi connectivity index (χ4v) is 2.15. The molecule has 11 heavy (non-hydrogen) atoms. The Morgan fingerprint density at radius 2 is 1.91 bits per heavy atom. The van der Waals surface area contributed by atoms with Crippen LogP contribution in [0.25, 0.3) is 0 Å². The summed E-state index contributed by atoms with van der Waals surface area (Å²) in [5.41, 5.74) is 5.53. The third-order valence-corrected chi connectivity index (χ3v) is 2.89. The summed E-state index contributed by atoms with van der Waals surface area (Å²) in [5, 5.41) is 0. The molecule has 0 aliphatic heterocycles. The van der Waals surface area contributed by atoms with Crippen molar-refractivity contribution in [3.8, 4) is 0 Å². The summed E-state index contributed by atoms with van der Waals surface area (Å²) in [4.78, 5) is 0. The smallest absolute Gasteiger partial charge is 0.00745 e. The monoisotopic (exact) mass is 155 g/mol. The lowest BCUT2D eigenvalue weighted by atomic mass is 9.68. The summed E-state index contributed by atoms with van der Waals surface area (Å²) in [5.74, 6) is 2.86. The van der Waals surface area contributed by atoms with Crippen molar-refractivity contribution in [2.45, 2.75) is 39.5 Å². The summed E-state index contributed by atoms with van der Waals surface area (Å²) in [6.45, 7) is 5.52. The van der Waals surface area contributed by atoms with Crippen LogP contribution in [0.15, 0.2) is 0 Å². The Morgan fingerprint density at radius 3 is 2.27 bits per heavy atom. The zero-order valence-electron chi connectivity index (χ0n) is 7.84. The lowest BCUT2D eigenvalue weighted by Gasteiger charge is -2.37. The first-order valence-corrected chi connectivity index (χ1v) is 4.94. The van der Waals surface area contributed by atoms with Gasteiger partial charge < -0.3 is 5.73 Å². The van der Waals surface area contributed by atoms with Crippen LogP contribution in [-0.2, 0) is 0 Å². The van der Waals surface area contributed by atoms with E-state index < -0.39 is 0 Å². The Balaban J connectivity index is 2.15. The molecule has 1 saturated carbocycles. The highest BCUT2D eigenvalue weighted by atomic mass is 14.5. The van der Waals surface area contributed by atoms with Crippen molar-refractivity contribution in [2.75, 3.05) is 6.54 Å². The van der Waals surface area contributed by atoms with Gasteiger partial charge in [0.05, 0.1) is 0 Å². The molecule has 0 aromatic rings. The quantitative estimate of drug-likeness (QED) is 0.663. The highest BCUT2D eigenvalue weighted by Crippen LogP contribution is 2.40. The van der Waals surface area contributed by atoms with Crippen LogP contribution in [0.1, 0.15) is 39.5 Å². The fourth-order valence-electron chi connectivity index (χ4n) is 2.15. The van der Waals surface area contributed by atoms with E-state index in [4.69, 9.17) is 5.73 Å². The van der Waals surface area contributed by atoms with Crippen molar-refractivity contribution in [1.82, 2.24) is 0 Å². The van der Waals surface area contributed by atoms with Crippen LogP contribution < -0.4 is 5.73 Å². The van der Waals surface area contributed by atoms with Gasteiger partial charge in [-0.15, -0.1) is 0 Å². The van der Waals surface area contributed by atoms with Crippen LogP contribution in [0.4, 0.5) is 0 Å². The molecule has 1 aliphatic rings. The van der Waals surface area contributed by atoms with Crippen LogP contribution in [0, 0.1) is 17.8 Å². The van der Waals surface area contributed by atoms with Crippen molar-refractivity contribution >= 4 is 0 Å². The van der Waals surface area contributed by atoms with E-state index in [0.717, 1.165) is 24.3 Å². The molecule has 1 aliphatic carbocycles. The second kappa shape index (κ2) is 4.10. The normalized spacial score (nSPS) is 30.5. The number of nitrogens with two attached hydrogens (primary N) is 1. The molecule has 0 saturated heterocycles. The van der Waals surface area contributed by atoms with E-state index in [-0.39, 0.29) is 0 Å². The number of rotatable bonds is 4. The molecule has 1 rings (SSSR count). The third kappa shape index (κ3) is 2.48. The standard InChI is InChI=1S/C10H21N/c1-8(2)7-10-4-3-9(10)5-6-11/h8-10H,3-7,11H2,1-2H3. The largest absolute Gasteiger partial charge is 0.330 e. The van der Waals surface area contributed by atoms with Crippen molar-refractivity contribution < 1.29 is 0 Å². The van der Waals surface area contributed by atoms with Crippen molar-refractivity contribution in [2.24, 2.45) is 23.5 Å². The maximum Gasteiger partial charge on any atom is -0.00745 e. The molecule has 1 heteroatoms. The molecule has 2 N–H and O–H groups in total. The second-order valence-electron chi connectivity index (χ2n) is 4.30. The molecule has 0 bridgehead atoms. The van der Waals surface area contributed by atoms with Crippen molar-refractivity contribution in [3.05, 3.63) is 0 Å². The van der Waals surface area contributed by atoms with Gasteiger partial charge >= 0.3 is 0 Å². The van der Waals surface area contributed by atoms with E-state index in [1.807, 2.05) is 0 Å². The molecule has 0 amide bonds. The first kappa shape index (κ1) is 9.05. The van der Waals surface area contributed by atoms with Crippen LogP contribution >= 0.6 is 0 Å². The Kier molecular flexibility index (Phi) is 3.38. The van der Waals surface area contributed by atoms with E-state index in [1.54, 1.807) is 0 Å². The molecular weight excluding hydrogens is 134 g/mol. The van der Waals surface area contributed by atoms with Gasteiger partial charge in [-0.05, 0) is 50.0 Å². The summed E-state index contributed by atoms with van der Waals surface area (Å²) < 4.78 is 0. The Morgan fingerprint density at radius 1 is 1.27 bits per heavy atom. The van der Waals surface area contributed by atoms with E-state index in [9.17, 15) is 0 Å². The van der Waals surface area contributed by atoms with Gasteiger partial charge in [-0.2, -0.15) is 0 Å². The molecule has 0 aromatic heterocycles. The molecule has 0 heterocycles. The van der Waals surface area contributed by atoms with Gasteiger partial charge in [-0.1, -0.05) is 13.8 Å². The lowest BCUT2D eigenvalue weighted by Crippen LogP contribution is -2.29. The van der Waals surface area contributed by atoms with Gasteiger partial charge in [-0.25, -0.2) is 0 Å². The van der Waals surface area contributed by atoms with Crippen molar-refractivity contribution in [1.29, 1.82) is 0 Å². The molecule has 2 unspecified atom stereocenters. The molecule has 0 spiro atoms. The van der Waals surface area contributed by atoms with E-state index in [2.05, 4.69) is 13.8 Å². The Bertz CT molecular complexity index is 109. The van der Waals surface area contributed by atoms with Crippen LogP contribution in [0.2, 0.25) is 0 Å². The first-order valence-electron chi connectivity index (χ1n) is 4.94. The molecule has 0 aromatic carbocycles. The van der Waals surface area contributed by atoms with Gasteiger partial charge in [0.2, 0.25) is 0 Å². The number of hydrogen-bond donors (Lipinski definition) is 1. The average Bonchev–Trinajstić information content (AvgIpc) is 1.93. The Hall–Kier alpha value is -0.0400. The number of hydrogen-bond acceptors (Lipinski definition) is 1. The molecule has 66 valence electrons. The predicted molar refractivity (Wildman–Crippen MR) is 49.3 cm³/mol. The third-order valence-electron chi connectivity index (χ3n) is 2.89. The summed E-state index contributed by atoms with van der Waals surface area (Å²) in [6.07, 6.45) is 5.58. The molecular formula is C10H21N. The maximum atomic E-state index is 5.53. The summed E-state index contributed by atoms with van der Waals surface area (Å²) in [7, 11) is 0.